The van der Waals surface area contributed by atoms with E-state index in [0.29, 0.717) is 10.6 Å². The Morgan fingerprint density at radius 1 is 1.29 bits per heavy atom. The van der Waals surface area contributed by atoms with E-state index in [0.717, 1.165) is 12.1 Å². The maximum absolute atomic E-state index is 12.6. The van der Waals surface area contributed by atoms with Crippen molar-refractivity contribution >= 4 is 11.5 Å². The average molecular weight is 246 g/mol. The highest BCUT2D eigenvalue weighted by atomic mass is 19.4. The molecule has 0 aliphatic rings. The number of rotatable bonds is 1. The molecule has 17 heavy (non-hydrogen) atoms. The lowest BCUT2D eigenvalue weighted by molar-refractivity contribution is -0.142. The molecule has 5 nitrogen and oxygen atoms in total. The molecule has 0 spiro atoms. The Hall–Kier alpha value is -2.25. The molecule has 0 amide bonds. The lowest BCUT2D eigenvalue weighted by Crippen LogP contribution is -2.16. The van der Waals surface area contributed by atoms with Gasteiger partial charge in [0.05, 0.1) is 5.52 Å². The third-order valence-corrected chi connectivity index (χ3v) is 2.11. The molecule has 2 heterocycles. The van der Waals surface area contributed by atoms with Crippen molar-refractivity contribution in [1.82, 2.24) is 9.61 Å². The monoisotopic (exact) mass is 246 g/mol. The van der Waals surface area contributed by atoms with Crippen LogP contribution in [0, 0.1) is 0 Å². The molecule has 0 aromatic carbocycles. The van der Waals surface area contributed by atoms with Gasteiger partial charge in [-0.05, 0) is 6.07 Å². The molecule has 0 atom stereocenters. The zero-order valence-electron chi connectivity index (χ0n) is 8.08. The number of carboxylic acids is 1. The second kappa shape index (κ2) is 3.37. The van der Waals surface area contributed by atoms with Gasteiger partial charge in [0.1, 0.15) is 11.4 Å². The summed E-state index contributed by atoms with van der Waals surface area (Å²) in [6.45, 7) is 0. The fourth-order valence-electron chi connectivity index (χ4n) is 1.44. The van der Waals surface area contributed by atoms with E-state index in [-0.39, 0.29) is 5.52 Å². The number of hydrogen-bond acceptors (Lipinski definition) is 2. The largest absolute Gasteiger partial charge is 0.477 e. The van der Waals surface area contributed by atoms with Gasteiger partial charge in [-0.3, -0.25) is 14.4 Å². The molecular weight excluding hydrogens is 241 g/mol. The van der Waals surface area contributed by atoms with Gasteiger partial charge in [0.2, 0.25) is 0 Å². The molecule has 0 unspecified atom stereocenters. The lowest BCUT2D eigenvalue weighted by atomic mass is 10.3. The number of hydrogen-bond donors (Lipinski definition) is 2. The van der Waals surface area contributed by atoms with Crippen molar-refractivity contribution in [1.29, 1.82) is 0 Å². The number of fused-ring (bicyclic) bond motifs is 1. The minimum Gasteiger partial charge on any atom is -0.477 e. The number of nitrogens with zero attached hydrogens (tertiary/aromatic N) is 1. The predicted octanol–water partition coefficient (Wildman–Crippen LogP) is 1.34. The first-order chi connectivity index (χ1) is 7.79. The third-order valence-electron chi connectivity index (χ3n) is 2.11. The van der Waals surface area contributed by atoms with Gasteiger partial charge in [0.25, 0.3) is 0 Å². The molecule has 0 fully saturated rings. The van der Waals surface area contributed by atoms with Crippen LogP contribution >= 0.6 is 0 Å². The minimum absolute atomic E-state index is 0.151. The zero-order chi connectivity index (χ0) is 12.8. The van der Waals surface area contributed by atoms with Gasteiger partial charge in [0.15, 0.2) is 5.43 Å². The van der Waals surface area contributed by atoms with Crippen LogP contribution in [-0.4, -0.2) is 20.7 Å². The van der Waals surface area contributed by atoms with Crippen molar-refractivity contribution in [3.8, 4) is 0 Å². The first-order valence-corrected chi connectivity index (χ1v) is 4.35. The Balaban J connectivity index is 2.84. The van der Waals surface area contributed by atoms with E-state index in [2.05, 4.69) is 5.10 Å². The highest BCUT2D eigenvalue weighted by Crippen LogP contribution is 2.28. The second-order valence-corrected chi connectivity index (χ2v) is 3.31. The van der Waals surface area contributed by atoms with E-state index in [1.54, 1.807) is 0 Å². The van der Waals surface area contributed by atoms with Crippen LogP contribution in [0.3, 0.4) is 0 Å². The molecule has 8 heteroatoms. The summed E-state index contributed by atoms with van der Waals surface area (Å²) < 4.78 is 38.3. The summed E-state index contributed by atoms with van der Waals surface area (Å²) in [5, 5.41) is 10.7. The van der Waals surface area contributed by atoms with Crippen LogP contribution in [0.2, 0.25) is 0 Å². The fraction of sp³-hybridized carbons (Fsp3) is 0.111. The van der Waals surface area contributed by atoms with Crippen molar-refractivity contribution in [2.45, 2.75) is 6.18 Å². The molecule has 2 N–H and O–H groups in total. The number of carbonyl (C=O) groups is 1. The Bertz CT molecular complexity index is 654. The van der Waals surface area contributed by atoms with Gasteiger partial charge in [-0.25, -0.2) is 4.79 Å². The maximum Gasteiger partial charge on any atom is 0.433 e. The predicted molar refractivity (Wildman–Crippen MR) is 50.0 cm³/mol. The highest BCUT2D eigenvalue weighted by Gasteiger charge is 2.34. The third kappa shape index (κ3) is 1.88. The van der Waals surface area contributed by atoms with E-state index >= 15 is 0 Å². The Morgan fingerprint density at radius 2 is 1.94 bits per heavy atom. The van der Waals surface area contributed by atoms with Gasteiger partial charge in [-0.15, -0.1) is 0 Å². The summed E-state index contributed by atoms with van der Waals surface area (Å²) in [5.41, 5.74) is -2.66. The van der Waals surface area contributed by atoms with Gasteiger partial charge in [0, 0.05) is 12.1 Å². The summed E-state index contributed by atoms with van der Waals surface area (Å²) in [7, 11) is 0. The van der Waals surface area contributed by atoms with Crippen LogP contribution in [0.5, 0.6) is 0 Å². The number of H-pyrrole nitrogens is 1. The lowest BCUT2D eigenvalue weighted by Gasteiger charge is -2.08. The number of alkyl halides is 3. The topological polar surface area (TPSA) is 74.6 Å². The Labute approximate surface area is 91.1 Å². The SMILES string of the molecule is O=C(O)c1cc2cc(=O)cc(C(F)(F)F)n2[nH]1. The summed E-state index contributed by atoms with van der Waals surface area (Å²) in [4.78, 5) is 21.7. The van der Waals surface area contributed by atoms with Crippen molar-refractivity contribution < 1.29 is 23.1 Å². The maximum atomic E-state index is 12.6. The number of aromatic amines is 1. The molecular formula is C9H5F3N2O3. The number of carboxylic acid groups (broad SMARTS) is 1. The molecule has 90 valence electrons. The van der Waals surface area contributed by atoms with Crippen LogP contribution in [0.15, 0.2) is 23.0 Å². The van der Waals surface area contributed by atoms with E-state index in [9.17, 15) is 22.8 Å². The van der Waals surface area contributed by atoms with Gasteiger partial charge >= 0.3 is 12.1 Å². The van der Waals surface area contributed by atoms with Crippen molar-refractivity contribution in [3.63, 3.8) is 0 Å². The van der Waals surface area contributed by atoms with Crippen LogP contribution < -0.4 is 5.43 Å². The fourth-order valence-corrected chi connectivity index (χ4v) is 1.44. The number of nitrogens with one attached hydrogen (secondary N) is 1. The van der Waals surface area contributed by atoms with Crippen molar-refractivity contribution in [2.24, 2.45) is 0 Å². The smallest absolute Gasteiger partial charge is 0.433 e. The Kier molecular flexibility index (Phi) is 2.23. The van der Waals surface area contributed by atoms with Gasteiger partial charge in [-0.1, -0.05) is 0 Å². The molecule has 0 aliphatic heterocycles. The van der Waals surface area contributed by atoms with Crippen LogP contribution in [0.25, 0.3) is 5.52 Å². The summed E-state index contributed by atoms with van der Waals surface area (Å²) in [6, 6.07) is 2.27. The molecule has 2 rings (SSSR count). The van der Waals surface area contributed by atoms with Gasteiger partial charge in [-0.2, -0.15) is 13.2 Å². The molecule has 0 bridgehead atoms. The van der Waals surface area contributed by atoms with Crippen LogP contribution in [-0.2, 0) is 6.18 Å². The highest BCUT2D eigenvalue weighted by molar-refractivity contribution is 5.87. The summed E-state index contributed by atoms with van der Waals surface area (Å²) >= 11 is 0. The molecule has 2 aromatic heterocycles. The molecule has 0 radical (unpaired) electrons. The summed E-state index contributed by atoms with van der Waals surface area (Å²) in [5.74, 6) is -1.41. The first kappa shape index (κ1) is 11.2. The molecule has 0 aliphatic carbocycles. The molecule has 0 saturated heterocycles. The van der Waals surface area contributed by atoms with Crippen LogP contribution in [0.4, 0.5) is 13.2 Å². The van der Waals surface area contributed by atoms with Crippen molar-refractivity contribution in [2.75, 3.05) is 0 Å². The van der Waals surface area contributed by atoms with Crippen LogP contribution in [0.1, 0.15) is 16.2 Å². The van der Waals surface area contributed by atoms with Gasteiger partial charge < -0.3 is 5.11 Å². The van der Waals surface area contributed by atoms with E-state index < -0.39 is 29.0 Å². The quantitative estimate of drug-likeness (QED) is 0.797. The zero-order valence-corrected chi connectivity index (χ0v) is 8.08. The summed E-state index contributed by atoms with van der Waals surface area (Å²) in [6.07, 6.45) is -4.75. The van der Waals surface area contributed by atoms with E-state index in [4.69, 9.17) is 5.11 Å². The first-order valence-electron chi connectivity index (χ1n) is 4.35. The minimum atomic E-state index is -4.75. The normalized spacial score (nSPS) is 11.9. The Morgan fingerprint density at radius 3 is 2.47 bits per heavy atom. The average Bonchev–Trinajstić information content (AvgIpc) is 2.58. The molecule has 2 aromatic rings. The number of aromatic carboxylic acids is 1. The number of aromatic nitrogens is 2. The van der Waals surface area contributed by atoms with E-state index in [1.165, 1.54) is 0 Å². The standard InChI is InChI=1S/C9H5F3N2O3/c10-9(11,12)7-3-5(15)1-4-2-6(8(16)17)13-14(4)7/h1-3,13H,(H,16,17). The van der Waals surface area contributed by atoms with E-state index in [1.807, 2.05) is 0 Å². The second-order valence-electron chi connectivity index (χ2n) is 3.31. The molecule has 0 saturated carbocycles. The number of halogens is 3. The number of pyridine rings is 1. The van der Waals surface area contributed by atoms with Crippen molar-refractivity contribution in [3.05, 3.63) is 39.8 Å².